The molecule has 94 valence electrons. The van der Waals surface area contributed by atoms with Crippen molar-refractivity contribution in [2.24, 2.45) is 0 Å². The molecule has 0 saturated carbocycles. The molecule has 17 heavy (non-hydrogen) atoms. The minimum Gasteiger partial charge on any atom is -0.314 e. The first kappa shape index (κ1) is 12.4. The predicted octanol–water partition coefficient (Wildman–Crippen LogP) is 1.82. The van der Waals surface area contributed by atoms with Crippen LogP contribution in [0.15, 0.2) is 24.3 Å². The quantitative estimate of drug-likeness (QED) is 0.872. The normalized spacial score (nSPS) is 18.3. The van der Waals surface area contributed by atoms with E-state index >= 15 is 0 Å². The van der Waals surface area contributed by atoms with Crippen LogP contribution in [0.5, 0.6) is 0 Å². The van der Waals surface area contributed by atoms with E-state index in [1.807, 2.05) is 0 Å². The van der Waals surface area contributed by atoms with Gasteiger partial charge in [-0.05, 0) is 12.1 Å². The van der Waals surface area contributed by atoms with E-state index in [1.54, 1.807) is 4.90 Å². The average molecular weight is 244 g/mol. The van der Waals surface area contributed by atoms with Gasteiger partial charge in [0.1, 0.15) is 5.82 Å². The Morgan fingerprint density at radius 1 is 1.24 bits per heavy atom. The summed E-state index contributed by atoms with van der Waals surface area (Å²) in [6.07, 6.45) is 0. The molecule has 1 aliphatic rings. The topological polar surface area (TPSA) is 15.3 Å². The number of nitrogens with one attached hydrogen (secondary N) is 1. The van der Waals surface area contributed by atoms with Crippen LogP contribution < -0.4 is 5.32 Å². The molecule has 0 amide bonds. The van der Waals surface area contributed by atoms with Crippen LogP contribution in [0.3, 0.4) is 0 Å². The van der Waals surface area contributed by atoms with Crippen molar-refractivity contribution in [3.63, 3.8) is 0 Å². The summed E-state index contributed by atoms with van der Waals surface area (Å²) in [5.74, 6) is -3.62. The molecule has 0 radical (unpaired) electrons. The second kappa shape index (κ2) is 5.06. The highest BCUT2D eigenvalue weighted by Crippen LogP contribution is 2.29. The first-order chi connectivity index (χ1) is 8.08. The van der Waals surface area contributed by atoms with E-state index in [0.717, 1.165) is 19.2 Å². The van der Waals surface area contributed by atoms with E-state index in [4.69, 9.17) is 0 Å². The highest BCUT2D eigenvalue weighted by Gasteiger charge is 2.34. The van der Waals surface area contributed by atoms with E-state index < -0.39 is 11.7 Å². The van der Waals surface area contributed by atoms with E-state index in [9.17, 15) is 13.2 Å². The number of nitrogens with zero attached hydrogens (tertiary/aromatic N) is 1. The molecule has 0 aromatic heterocycles. The van der Waals surface area contributed by atoms with Gasteiger partial charge in [-0.1, -0.05) is 12.1 Å². The molecule has 0 atom stereocenters. The van der Waals surface area contributed by atoms with Gasteiger partial charge in [0, 0.05) is 31.7 Å². The minimum atomic E-state index is -3.00. The summed E-state index contributed by atoms with van der Waals surface area (Å²) < 4.78 is 40.7. The zero-order valence-electron chi connectivity index (χ0n) is 9.43. The molecule has 0 bridgehead atoms. The SMILES string of the molecule is Fc1cccc(C(F)(F)CN2CCNCC2)c1. The number of hydrogen-bond donors (Lipinski definition) is 1. The molecule has 1 saturated heterocycles. The van der Waals surface area contributed by atoms with Crippen LogP contribution in [0, 0.1) is 5.82 Å². The van der Waals surface area contributed by atoms with Crippen LogP contribution in [-0.4, -0.2) is 37.6 Å². The Labute approximate surface area is 98.4 Å². The van der Waals surface area contributed by atoms with E-state index in [0.29, 0.717) is 13.1 Å². The maximum atomic E-state index is 13.9. The zero-order valence-corrected chi connectivity index (χ0v) is 9.43. The Kier molecular flexibility index (Phi) is 3.69. The van der Waals surface area contributed by atoms with Gasteiger partial charge in [-0.3, -0.25) is 4.90 Å². The number of halogens is 3. The Morgan fingerprint density at radius 3 is 2.59 bits per heavy atom. The average Bonchev–Trinajstić information content (AvgIpc) is 2.30. The molecule has 2 nitrogen and oxygen atoms in total. The predicted molar refractivity (Wildman–Crippen MR) is 59.6 cm³/mol. The van der Waals surface area contributed by atoms with Gasteiger partial charge in [-0.15, -0.1) is 0 Å². The number of benzene rings is 1. The lowest BCUT2D eigenvalue weighted by atomic mass is 10.1. The molecule has 0 aliphatic carbocycles. The summed E-state index contributed by atoms with van der Waals surface area (Å²) in [4.78, 5) is 1.70. The molecular formula is C12H15F3N2. The van der Waals surface area contributed by atoms with Crippen LogP contribution in [0.4, 0.5) is 13.2 Å². The number of piperazine rings is 1. The Balaban J connectivity index is 2.06. The lowest BCUT2D eigenvalue weighted by Gasteiger charge is -2.30. The Hall–Kier alpha value is -1.07. The van der Waals surface area contributed by atoms with Crippen molar-refractivity contribution in [3.05, 3.63) is 35.6 Å². The smallest absolute Gasteiger partial charge is 0.285 e. The van der Waals surface area contributed by atoms with Crippen molar-refractivity contribution in [2.75, 3.05) is 32.7 Å². The van der Waals surface area contributed by atoms with Crippen molar-refractivity contribution in [3.8, 4) is 0 Å². The highest BCUT2D eigenvalue weighted by molar-refractivity contribution is 5.21. The largest absolute Gasteiger partial charge is 0.314 e. The van der Waals surface area contributed by atoms with Crippen LogP contribution in [0.1, 0.15) is 5.56 Å². The van der Waals surface area contributed by atoms with E-state index in [-0.39, 0.29) is 12.1 Å². The van der Waals surface area contributed by atoms with Crippen molar-refractivity contribution in [1.29, 1.82) is 0 Å². The maximum Gasteiger partial charge on any atom is 0.285 e. The van der Waals surface area contributed by atoms with Crippen molar-refractivity contribution >= 4 is 0 Å². The fourth-order valence-corrected chi connectivity index (χ4v) is 1.96. The summed E-state index contributed by atoms with van der Waals surface area (Å²) in [6, 6.07) is 4.66. The summed E-state index contributed by atoms with van der Waals surface area (Å²) in [7, 11) is 0. The third-order valence-corrected chi connectivity index (χ3v) is 2.88. The molecule has 0 spiro atoms. The Bertz CT molecular complexity index is 376. The standard InChI is InChI=1S/C12H15F3N2/c13-11-3-1-2-10(8-11)12(14,15)9-17-6-4-16-5-7-17/h1-3,8,16H,4-7,9H2. The molecule has 1 aromatic carbocycles. The number of rotatable bonds is 3. The molecule has 2 rings (SSSR count). The molecule has 1 heterocycles. The number of alkyl halides is 2. The summed E-state index contributed by atoms with van der Waals surface area (Å²) >= 11 is 0. The molecule has 1 aromatic rings. The second-order valence-electron chi connectivity index (χ2n) is 4.24. The van der Waals surface area contributed by atoms with Crippen molar-refractivity contribution < 1.29 is 13.2 Å². The van der Waals surface area contributed by atoms with Crippen LogP contribution in [0.25, 0.3) is 0 Å². The van der Waals surface area contributed by atoms with Crippen molar-refractivity contribution in [1.82, 2.24) is 10.2 Å². The maximum absolute atomic E-state index is 13.9. The van der Waals surface area contributed by atoms with Crippen molar-refractivity contribution in [2.45, 2.75) is 5.92 Å². The molecule has 5 heteroatoms. The molecule has 1 N–H and O–H groups in total. The molecule has 0 unspecified atom stereocenters. The third-order valence-electron chi connectivity index (χ3n) is 2.88. The lowest BCUT2D eigenvalue weighted by molar-refractivity contribution is -0.0402. The van der Waals surface area contributed by atoms with Crippen LogP contribution >= 0.6 is 0 Å². The van der Waals surface area contributed by atoms with Crippen LogP contribution in [-0.2, 0) is 5.92 Å². The monoisotopic (exact) mass is 244 g/mol. The fourth-order valence-electron chi connectivity index (χ4n) is 1.96. The van der Waals surface area contributed by atoms with E-state index in [2.05, 4.69) is 5.32 Å². The number of hydrogen-bond acceptors (Lipinski definition) is 2. The van der Waals surface area contributed by atoms with Gasteiger partial charge in [-0.2, -0.15) is 8.78 Å². The second-order valence-corrected chi connectivity index (χ2v) is 4.24. The molecular weight excluding hydrogens is 229 g/mol. The fraction of sp³-hybridized carbons (Fsp3) is 0.500. The van der Waals surface area contributed by atoms with Crippen LogP contribution in [0.2, 0.25) is 0 Å². The first-order valence-electron chi connectivity index (χ1n) is 5.65. The highest BCUT2D eigenvalue weighted by atomic mass is 19.3. The minimum absolute atomic E-state index is 0.254. The van der Waals surface area contributed by atoms with Gasteiger partial charge < -0.3 is 5.32 Å². The van der Waals surface area contributed by atoms with Gasteiger partial charge in [0.25, 0.3) is 5.92 Å². The molecule has 1 aliphatic heterocycles. The first-order valence-corrected chi connectivity index (χ1v) is 5.65. The summed E-state index contributed by atoms with van der Waals surface area (Å²) in [6.45, 7) is 2.30. The third kappa shape index (κ3) is 3.20. The van der Waals surface area contributed by atoms with E-state index in [1.165, 1.54) is 18.2 Å². The van der Waals surface area contributed by atoms with Gasteiger partial charge in [0.2, 0.25) is 0 Å². The van der Waals surface area contributed by atoms with Gasteiger partial charge >= 0.3 is 0 Å². The molecule has 1 fully saturated rings. The Morgan fingerprint density at radius 2 is 1.94 bits per heavy atom. The lowest BCUT2D eigenvalue weighted by Crippen LogP contribution is -2.47. The zero-order chi connectivity index (χ0) is 12.3. The van der Waals surface area contributed by atoms with Gasteiger partial charge in [0.15, 0.2) is 0 Å². The van der Waals surface area contributed by atoms with Gasteiger partial charge in [-0.25, -0.2) is 4.39 Å². The summed E-state index contributed by atoms with van der Waals surface area (Å²) in [5.41, 5.74) is -0.254. The summed E-state index contributed by atoms with van der Waals surface area (Å²) in [5, 5.41) is 3.10. The van der Waals surface area contributed by atoms with Gasteiger partial charge in [0.05, 0.1) is 6.54 Å².